The Morgan fingerprint density at radius 3 is 2.40 bits per heavy atom. The van der Waals surface area contributed by atoms with Crippen LogP contribution in [0.15, 0.2) is 78.9 Å². The third kappa shape index (κ3) is 4.63. The SMILES string of the molecule is CCOc1ccc(NC(=O)COC(=O)c2cccc(N3C(=O)[C@@H]4[C@@H]5C[C@@H]([C@H]4C3=O)[C@@H](c3ccccc3)C5)c2)cc1. The molecule has 3 aliphatic rings. The van der Waals surface area contributed by atoms with Crippen molar-refractivity contribution in [1.29, 1.82) is 0 Å². The number of nitrogens with zero attached hydrogens (tertiary/aromatic N) is 1. The standard InChI is InChI=1S/C32H30N2O6/c1-2-39-24-13-11-22(12-14-24)33-27(35)18-40-32(38)20-9-6-10-23(15-20)34-30(36)28-21-16-25(19-7-4-3-5-8-19)26(17-21)29(28)31(34)37/h3-15,21,25-26,28-29H,2,16-18H2,1H3,(H,33,35)/t21-,25+,26+,28+,29+/m0/s1. The molecule has 3 aromatic carbocycles. The van der Waals surface area contributed by atoms with Gasteiger partial charge in [-0.05, 0) is 85.5 Å². The third-order valence-corrected chi connectivity index (χ3v) is 8.37. The van der Waals surface area contributed by atoms with Crippen molar-refractivity contribution >= 4 is 35.1 Å². The molecule has 0 spiro atoms. The second-order valence-corrected chi connectivity index (χ2v) is 10.6. The van der Waals surface area contributed by atoms with Crippen molar-refractivity contribution in [2.45, 2.75) is 25.7 Å². The van der Waals surface area contributed by atoms with Crippen LogP contribution in [0.5, 0.6) is 5.75 Å². The molecule has 1 saturated heterocycles. The number of hydrogen-bond acceptors (Lipinski definition) is 6. The zero-order valence-electron chi connectivity index (χ0n) is 22.1. The van der Waals surface area contributed by atoms with Crippen LogP contribution in [0.4, 0.5) is 11.4 Å². The highest BCUT2D eigenvalue weighted by atomic mass is 16.5. The van der Waals surface area contributed by atoms with Gasteiger partial charge in [0.25, 0.3) is 5.91 Å². The van der Waals surface area contributed by atoms with Crippen LogP contribution in [-0.2, 0) is 19.1 Å². The summed E-state index contributed by atoms with van der Waals surface area (Å²) in [6.45, 7) is 1.95. The van der Waals surface area contributed by atoms with Gasteiger partial charge in [0.2, 0.25) is 11.8 Å². The Morgan fingerprint density at radius 1 is 0.900 bits per heavy atom. The van der Waals surface area contributed by atoms with Gasteiger partial charge in [0.15, 0.2) is 6.61 Å². The van der Waals surface area contributed by atoms with Gasteiger partial charge in [-0.2, -0.15) is 0 Å². The number of amides is 3. The number of anilines is 2. The minimum absolute atomic E-state index is 0.140. The Kier molecular flexibility index (Phi) is 6.84. The molecule has 2 saturated carbocycles. The Bertz CT molecular complexity index is 1450. The van der Waals surface area contributed by atoms with Crippen molar-refractivity contribution in [2.75, 3.05) is 23.4 Å². The lowest BCUT2D eigenvalue weighted by molar-refractivity contribution is -0.123. The maximum Gasteiger partial charge on any atom is 0.338 e. The summed E-state index contributed by atoms with van der Waals surface area (Å²) in [6, 6.07) is 23.4. The van der Waals surface area contributed by atoms with E-state index in [2.05, 4.69) is 17.4 Å². The first-order valence-electron chi connectivity index (χ1n) is 13.7. The van der Waals surface area contributed by atoms with E-state index in [1.165, 1.54) is 22.6 Å². The van der Waals surface area contributed by atoms with E-state index in [1.807, 2.05) is 25.1 Å². The van der Waals surface area contributed by atoms with E-state index in [-0.39, 0.29) is 47.0 Å². The minimum atomic E-state index is -0.716. The van der Waals surface area contributed by atoms with E-state index in [1.54, 1.807) is 36.4 Å². The van der Waals surface area contributed by atoms with Gasteiger partial charge < -0.3 is 14.8 Å². The normalized spacial score (nSPS) is 24.6. The fourth-order valence-corrected chi connectivity index (χ4v) is 6.78. The van der Waals surface area contributed by atoms with Crippen molar-refractivity contribution in [3.63, 3.8) is 0 Å². The minimum Gasteiger partial charge on any atom is -0.494 e. The van der Waals surface area contributed by atoms with E-state index in [0.29, 0.717) is 23.7 Å². The summed E-state index contributed by atoms with van der Waals surface area (Å²) in [6.07, 6.45) is 1.80. The number of nitrogens with one attached hydrogen (secondary N) is 1. The average molecular weight is 539 g/mol. The predicted molar refractivity (Wildman–Crippen MR) is 148 cm³/mol. The van der Waals surface area contributed by atoms with Crippen molar-refractivity contribution < 1.29 is 28.7 Å². The summed E-state index contributed by atoms with van der Waals surface area (Å²) in [4.78, 5) is 53.4. The highest BCUT2D eigenvalue weighted by Crippen LogP contribution is 2.61. The largest absolute Gasteiger partial charge is 0.494 e. The molecule has 3 amide bonds. The van der Waals surface area contributed by atoms with Gasteiger partial charge in [-0.3, -0.25) is 19.3 Å². The fourth-order valence-electron chi connectivity index (χ4n) is 6.78. The molecule has 1 heterocycles. The molecule has 0 radical (unpaired) electrons. The number of carbonyl (C=O) groups is 4. The van der Waals surface area contributed by atoms with Crippen molar-refractivity contribution in [3.8, 4) is 5.75 Å². The van der Waals surface area contributed by atoms with Crippen LogP contribution in [0, 0.1) is 23.7 Å². The predicted octanol–water partition coefficient (Wildman–Crippen LogP) is 4.81. The van der Waals surface area contributed by atoms with Crippen molar-refractivity contribution in [2.24, 2.45) is 23.7 Å². The van der Waals surface area contributed by atoms with Crippen molar-refractivity contribution in [1.82, 2.24) is 0 Å². The number of esters is 1. The van der Waals surface area contributed by atoms with Gasteiger partial charge in [-0.15, -0.1) is 0 Å². The number of rotatable bonds is 8. The second kappa shape index (κ2) is 10.6. The molecule has 0 unspecified atom stereocenters. The summed E-state index contributed by atoms with van der Waals surface area (Å²) in [7, 11) is 0. The monoisotopic (exact) mass is 538 g/mol. The molecule has 0 aromatic heterocycles. The van der Waals surface area contributed by atoms with Crippen LogP contribution in [0.25, 0.3) is 0 Å². The lowest BCUT2D eigenvalue weighted by Gasteiger charge is -2.28. The van der Waals surface area contributed by atoms with E-state index in [9.17, 15) is 19.2 Å². The molecule has 2 bridgehead atoms. The summed E-state index contributed by atoms with van der Waals surface area (Å²) in [5.41, 5.74) is 2.29. The number of imide groups is 1. The molecule has 8 heteroatoms. The summed E-state index contributed by atoms with van der Waals surface area (Å²) < 4.78 is 10.6. The Balaban J connectivity index is 1.11. The molecule has 1 aliphatic heterocycles. The molecule has 6 rings (SSSR count). The van der Waals surface area contributed by atoms with Crippen LogP contribution in [-0.4, -0.2) is 36.9 Å². The smallest absolute Gasteiger partial charge is 0.338 e. The summed E-state index contributed by atoms with van der Waals surface area (Å²) in [5, 5.41) is 2.67. The maximum absolute atomic E-state index is 13.6. The van der Waals surface area contributed by atoms with Gasteiger partial charge in [-0.25, -0.2) is 4.79 Å². The van der Waals surface area contributed by atoms with E-state index >= 15 is 0 Å². The van der Waals surface area contributed by atoms with Gasteiger partial charge >= 0.3 is 5.97 Å². The molecule has 2 aliphatic carbocycles. The Hall–Kier alpha value is -4.46. The van der Waals surface area contributed by atoms with E-state index in [0.717, 1.165) is 12.8 Å². The molecule has 3 aromatic rings. The van der Waals surface area contributed by atoms with Gasteiger partial charge in [0.1, 0.15) is 5.75 Å². The van der Waals surface area contributed by atoms with Gasteiger partial charge in [-0.1, -0.05) is 36.4 Å². The van der Waals surface area contributed by atoms with E-state index in [4.69, 9.17) is 9.47 Å². The third-order valence-electron chi connectivity index (χ3n) is 8.37. The average Bonchev–Trinajstić information content (AvgIpc) is 3.64. The number of carbonyl (C=O) groups excluding carboxylic acids is 4. The zero-order chi connectivity index (χ0) is 27.8. The molecule has 8 nitrogen and oxygen atoms in total. The Morgan fingerprint density at radius 2 is 1.65 bits per heavy atom. The number of fused-ring (bicyclic) bond motifs is 5. The highest BCUT2D eigenvalue weighted by molar-refractivity contribution is 6.23. The lowest BCUT2D eigenvalue weighted by atomic mass is 9.73. The molecule has 5 atom stereocenters. The first-order chi connectivity index (χ1) is 19.4. The summed E-state index contributed by atoms with van der Waals surface area (Å²) in [5.74, 6) is -0.935. The lowest BCUT2D eigenvalue weighted by Crippen LogP contribution is -2.33. The van der Waals surface area contributed by atoms with Crippen LogP contribution in [0.2, 0.25) is 0 Å². The number of benzene rings is 3. The molecule has 40 heavy (non-hydrogen) atoms. The second-order valence-electron chi connectivity index (χ2n) is 10.6. The maximum atomic E-state index is 13.6. The van der Waals surface area contributed by atoms with Crippen LogP contribution in [0.3, 0.4) is 0 Å². The molecular formula is C32H30N2O6. The van der Waals surface area contributed by atoms with Gasteiger partial charge in [0.05, 0.1) is 29.7 Å². The van der Waals surface area contributed by atoms with Crippen LogP contribution < -0.4 is 15.0 Å². The fraction of sp³-hybridized carbons (Fsp3) is 0.312. The molecule has 1 N–H and O–H groups in total. The number of ether oxygens (including phenoxy) is 2. The van der Waals surface area contributed by atoms with Crippen LogP contribution >= 0.6 is 0 Å². The molecular weight excluding hydrogens is 508 g/mol. The highest BCUT2D eigenvalue weighted by Gasteiger charge is 2.64. The summed E-state index contributed by atoms with van der Waals surface area (Å²) >= 11 is 0. The van der Waals surface area contributed by atoms with Crippen molar-refractivity contribution in [3.05, 3.63) is 90.0 Å². The van der Waals surface area contributed by atoms with E-state index < -0.39 is 18.5 Å². The number of hydrogen-bond donors (Lipinski definition) is 1. The van der Waals surface area contributed by atoms with Crippen LogP contribution in [0.1, 0.15) is 41.6 Å². The topological polar surface area (TPSA) is 102 Å². The first-order valence-corrected chi connectivity index (χ1v) is 13.7. The Labute approximate surface area is 232 Å². The first kappa shape index (κ1) is 25.8. The van der Waals surface area contributed by atoms with Gasteiger partial charge in [0, 0.05) is 5.69 Å². The quantitative estimate of drug-likeness (QED) is 0.326. The molecule has 204 valence electrons. The molecule has 3 fully saturated rings. The zero-order valence-corrected chi connectivity index (χ0v) is 22.1.